The van der Waals surface area contributed by atoms with Crippen molar-refractivity contribution >= 4 is 11.6 Å². The van der Waals surface area contributed by atoms with Crippen LogP contribution in [0.15, 0.2) is 6.33 Å². The number of aromatic nitrogens is 4. The normalized spacial score (nSPS) is 17.3. The lowest BCUT2D eigenvalue weighted by Gasteiger charge is -2.46. The summed E-state index contributed by atoms with van der Waals surface area (Å²) in [5.74, 6) is 1.44. The molecule has 2 aromatic heterocycles. The summed E-state index contributed by atoms with van der Waals surface area (Å²) in [6.07, 6.45) is 1.61. The molecule has 1 saturated heterocycles. The fourth-order valence-electron chi connectivity index (χ4n) is 2.46. The van der Waals surface area contributed by atoms with E-state index in [4.69, 9.17) is 5.26 Å². The number of hydrogen-bond acceptors (Lipinski definition) is 6. The molecule has 3 rings (SSSR count). The second kappa shape index (κ2) is 3.90. The highest BCUT2D eigenvalue weighted by Crippen LogP contribution is 2.32. The molecule has 0 bridgehead atoms. The van der Waals surface area contributed by atoms with Crippen molar-refractivity contribution < 1.29 is 5.11 Å². The molecule has 1 fully saturated rings. The zero-order chi connectivity index (χ0) is 13.6. The van der Waals surface area contributed by atoms with Crippen LogP contribution in [-0.4, -0.2) is 43.4 Å². The first-order valence-electron chi connectivity index (χ1n) is 6.05. The minimum Gasteiger partial charge on any atom is -0.385 e. The van der Waals surface area contributed by atoms with E-state index in [9.17, 15) is 5.11 Å². The third kappa shape index (κ3) is 1.72. The van der Waals surface area contributed by atoms with Gasteiger partial charge in [0.2, 0.25) is 0 Å². The van der Waals surface area contributed by atoms with Gasteiger partial charge in [0.1, 0.15) is 17.7 Å². The molecule has 0 aromatic carbocycles. The molecule has 98 valence electrons. The molecule has 0 spiro atoms. The van der Waals surface area contributed by atoms with Crippen LogP contribution in [0.3, 0.4) is 0 Å². The molecular formula is C12H14N6O. The third-order valence-corrected chi connectivity index (χ3v) is 3.55. The largest absolute Gasteiger partial charge is 0.385 e. The molecule has 7 heteroatoms. The van der Waals surface area contributed by atoms with Gasteiger partial charge in [-0.2, -0.15) is 19.9 Å². The summed E-state index contributed by atoms with van der Waals surface area (Å²) in [5, 5.41) is 23.0. The fourth-order valence-corrected chi connectivity index (χ4v) is 2.46. The summed E-state index contributed by atoms with van der Waals surface area (Å²) < 4.78 is 1.67. The summed E-state index contributed by atoms with van der Waals surface area (Å²) in [4.78, 5) is 10.5. The average Bonchev–Trinajstić information content (AvgIpc) is 2.75. The number of aliphatic hydroxyl groups is 1. The van der Waals surface area contributed by atoms with Crippen molar-refractivity contribution in [2.24, 2.45) is 0 Å². The van der Waals surface area contributed by atoms with Gasteiger partial charge in [-0.15, -0.1) is 0 Å². The quantitative estimate of drug-likeness (QED) is 0.828. The number of hydrogen-bond donors (Lipinski definition) is 1. The van der Waals surface area contributed by atoms with Crippen molar-refractivity contribution in [2.45, 2.75) is 25.9 Å². The van der Waals surface area contributed by atoms with E-state index in [0.29, 0.717) is 18.9 Å². The van der Waals surface area contributed by atoms with E-state index in [2.05, 4.69) is 15.1 Å². The lowest BCUT2D eigenvalue weighted by atomic mass is 9.91. The third-order valence-electron chi connectivity index (χ3n) is 3.55. The summed E-state index contributed by atoms with van der Waals surface area (Å²) >= 11 is 0. The minimum absolute atomic E-state index is 0.146. The number of anilines is 1. The number of aryl methyl sites for hydroxylation is 1. The molecule has 3 heterocycles. The number of nitriles is 1. The summed E-state index contributed by atoms with van der Waals surface area (Å²) in [7, 11) is 0. The Kier molecular flexibility index (Phi) is 2.43. The van der Waals surface area contributed by atoms with Gasteiger partial charge in [-0.1, -0.05) is 0 Å². The Morgan fingerprint density at radius 1 is 1.47 bits per heavy atom. The topological polar surface area (TPSA) is 90.3 Å². The summed E-state index contributed by atoms with van der Waals surface area (Å²) in [6, 6.07) is 2.02. The van der Waals surface area contributed by atoms with Crippen LogP contribution in [-0.2, 0) is 0 Å². The van der Waals surface area contributed by atoms with E-state index >= 15 is 0 Å². The summed E-state index contributed by atoms with van der Waals surface area (Å²) in [5.41, 5.74) is 0.994. The molecule has 0 saturated carbocycles. The van der Waals surface area contributed by atoms with Crippen LogP contribution in [0.5, 0.6) is 0 Å². The summed E-state index contributed by atoms with van der Waals surface area (Å²) in [6.45, 7) is 4.76. The van der Waals surface area contributed by atoms with Crippen molar-refractivity contribution in [3.63, 3.8) is 0 Å². The Bertz CT molecular complexity index is 679. The van der Waals surface area contributed by atoms with E-state index in [1.54, 1.807) is 4.52 Å². The Morgan fingerprint density at radius 2 is 2.21 bits per heavy atom. The predicted octanol–water partition coefficient (Wildman–Crippen LogP) is 0.206. The SMILES string of the molecule is Cc1nc2ncnn2c(N2CC(O)(CC#N)C2)c1C. The highest BCUT2D eigenvalue weighted by Gasteiger charge is 2.42. The minimum atomic E-state index is -0.911. The first-order chi connectivity index (χ1) is 9.04. The molecule has 0 amide bonds. The maximum Gasteiger partial charge on any atom is 0.254 e. The molecule has 2 aromatic rings. The van der Waals surface area contributed by atoms with Gasteiger partial charge in [0, 0.05) is 11.3 Å². The maximum absolute atomic E-state index is 10.1. The van der Waals surface area contributed by atoms with Gasteiger partial charge in [-0.3, -0.25) is 0 Å². The molecule has 0 unspecified atom stereocenters. The fraction of sp³-hybridized carbons (Fsp3) is 0.500. The van der Waals surface area contributed by atoms with Crippen LogP contribution < -0.4 is 4.90 Å². The van der Waals surface area contributed by atoms with Gasteiger partial charge in [0.15, 0.2) is 0 Å². The number of β-amino-alcohol motifs (C(OH)–C–C–N with tert-alkyl or cyclic N) is 1. The lowest BCUT2D eigenvalue weighted by Crippen LogP contribution is -2.62. The maximum atomic E-state index is 10.1. The van der Waals surface area contributed by atoms with E-state index < -0.39 is 5.60 Å². The van der Waals surface area contributed by atoms with Crippen LogP contribution in [0.25, 0.3) is 5.78 Å². The molecule has 1 N–H and O–H groups in total. The number of nitrogens with zero attached hydrogens (tertiary/aromatic N) is 6. The highest BCUT2D eigenvalue weighted by atomic mass is 16.3. The average molecular weight is 258 g/mol. The van der Waals surface area contributed by atoms with Gasteiger partial charge in [0.05, 0.1) is 25.6 Å². The molecule has 1 aliphatic heterocycles. The zero-order valence-corrected chi connectivity index (χ0v) is 10.8. The first kappa shape index (κ1) is 11.9. The Morgan fingerprint density at radius 3 is 2.89 bits per heavy atom. The molecule has 7 nitrogen and oxygen atoms in total. The molecule has 0 atom stereocenters. The number of rotatable bonds is 2. The van der Waals surface area contributed by atoms with Gasteiger partial charge in [-0.05, 0) is 13.8 Å². The van der Waals surface area contributed by atoms with Gasteiger partial charge in [0.25, 0.3) is 5.78 Å². The van der Waals surface area contributed by atoms with E-state index in [1.165, 1.54) is 6.33 Å². The van der Waals surface area contributed by atoms with Crippen LogP contribution in [0.1, 0.15) is 17.7 Å². The molecule has 0 radical (unpaired) electrons. The van der Waals surface area contributed by atoms with Gasteiger partial charge >= 0.3 is 0 Å². The molecule has 19 heavy (non-hydrogen) atoms. The van der Waals surface area contributed by atoms with E-state index in [1.807, 2.05) is 24.8 Å². The zero-order valence-electron chi connectivity index (χ0n) is 10.8. The standard InChI is InChI=1S/C12H14N6O/c1-8-9(2)16-11-14-7-15-18(11)10(8)17-5-12(19,6-17)3-4-13/h7,19H,3,5-6H2,1-2H3. The van der Waals surface area contributed by atoms with Crippen molar-refractivity contribution in [1.29, 1.82) is 5.26 Å². The Balaban J connectivity index is 2.01. The smallest absolute Gasteiger partial charge is 0.254 e. The van der Waals surface area contributed by atoms with Crippen molar-refractivity contribution in [2.75, 3.05) is 18.0 Å². The second-order valence-electron chi connectivity index (χ2n) is 5.03. The van der Waals surface area contributed by atoms with Crippen LogP contribution >= 0.6 is 0 Å². The Hall–Kier alpha value is -2.20. The van der Waals surface area contributed by atoms with Crippen molar-refractivity contribution in [3.8, 4) is 6.07 Å². The second-order valence-corrected chi connectivity index (χ2v) is 5.03. The van der Waals surface area contributed by atoms with Crippen molar-refractivity contribution in [1.82, 2.24) is 19.6 Å². The predicted molar refractivity (Wildman–Crippen MR) is 67.6 cm³/mol. The van der Waals surface area contributed by atoms with Crippen molar-refractivity contribution in [3.05, 3.63) is 17.6 Å². The lowest BCUT2D eigenvalue weighted by molar-refractivity contribution is 0.0159. The van der Waals surface area contributed by atoms with Gasteiger partial charge < -0.3 is 10.0 Å². The molecule has 1 aliphatic rings. The molecular weight excluding hydrogens is 244 g/mol. The Labute approximate surface area is 110 Å². The highest BCUT2D eigenvalue weighted by molar-refractivity contribution is 5.56. The molecule has 0 aliphatic carbocycles. The number of fused-ring (bicyclic) bond motifs is 1. The monoisotopic (exact) mass is 258 g/mol. The van der Waals surface area contributed by atoms with Crippen LogP contribution in [0.2, 0.25) is 0 Å². The van der Waals surface area contributed by atoms with Crippen LogP contribution in [0, 0.1) is 25.2 Å². The first-order valence-corrected chi connectivity index (χ1v) is 6.05. The van der Waals surface area contributed by atoms with E-state index in [0.717, 1.165) is 17.1 Å². The van der Waals surface area contributed by atoms with E-state index in [-0.39, 0.29) is 6.42 Å². The van der Waals surface area contributed by atoms with Gasteiger partial charge in [-0.25, -0.2) is 4.98 Å². The van der Waals surface area contributed by atoms with Crippen LogP contribution in [0.4, 0.5) is 5.82 Å².